The van der Waals surface area contributed by atoms with Crippen LogP contribution >= 0.6 is 0 Å². The highest BCUT2D eigenvalue weighted by Gasteiger charge is 2.11. The number of hydrogen-bond donors (Lipinski definition) is 1. The number of pyridine rings is 1. The molecule has 0 bridgehead atoms. The first-order valence-corrected chi connectivity index (χ1v) is 9.18. The third kappa shape index (κ3) is 4.52. The molecule has 4 aromatic rings. The topological polar surface area (TPSA) is 86.5 Å². The fourth-order valence-electron chi connectivity index (χ4n) is 2.83. The van der Waals surface area contributed by atoms with Crippen molar-refractivity contribution in [1.82, 2.24) is 10.1 Å². The molecule has 0 unspecified atom stereocenters. The van der Waals surface area contributed by atoms with Crippen molar-refractivity contribution in [3.05, 3.63) is 66.9 Å². The van der Waals surface area contributed by atoms with Crippen molar-refractivity contribution in [3.63, 3.8) is 0 Å². The summed E-state index contributed by atoms with van der Waals surface area (Å²) < 4.78 is 16.2. The van der Waals surface area contributed by atoms with Crippen LogP contribution in [0.5, 0.6) is 11.5 Å². The highest BCUT2D eigenvalue weighted by atomic mass is 16.5. The molecule has 146 valence electrons. The average molecular weight is 389 g/mol. The van der Waals surface area contributed by atoms with Gasteiger partial charge < -0.3 is 19.3 Å². The van der Waals surface area contributed by atoms with Gasteiger partial charge >= 0.3 is 0 Å². The monoisotopic (exact) mass is 389 g/mol. The second-order valence-electron chi connectivity index (χ2n) is 6.23. The maximum absolute atomic E-state index is 12.1. The number of nitrogens with one attached hydrogen (secondary N) is 1. The Morgan fingerprint density at radius 2 is 1.83 bits per heavy atom. The maximum atomic E-state index is 12.1. The van der Waals surface area contributed by atoms with Crippen molar-refractivity contribution in [3.8, 4) is 22.8 Å². The Bertz CT molecular complexity index is 1120. The molecule has 7 nitrogen and oxygen atoms in total. The van der Waals surface area contributed by atoms with E-state index < -0.39 is 0 Å². The van der Waals surface area contributed by atoms with Crippen LogP contribution in [0, 0.1) is 0 Å². The van der Waals surface area contributed by atoms with Crippen LogP contribution in [0.2, 0.25) is 0 Å². The van der Waals surface area contributed by atoms with E-state index in [9.17, 15) is 4.79 Å². The smallest absolute Gasteiger partial charge is 0.263 e. The molecule has 2 aromatic carbocycles. The molecule has 2 heterocycles. The molecule has 0 fully saturated rings. The number of benzene rings is 2. The predicted octanol–water partition coefficient (Wildman–Crippen LogP) is 4.31. The van der Waals surface area contributed by atoms with Crippen LogP contribution in [0.3, 0.4) is 0 Å². The zero-order valence-corrected chi connectivity index (χ0v) is 15.8. The van der Waals surface area contributed by atoms with Crippen molar-refractivity contribution >= 4 is 22.6 Å². The number of fused-ring (bicyclic) bond motifs is 1. The molecule has 0 spiro atoms. The Balaban J connectivity index is 1.36. The summed E-state index contributed by atoms with van der Waals surface area (Å²) in [6.07, 6.45) is 1.75. The molecule has 0 radical (unpaired) electrons. The van der Waals surface area contributed by atoms with E-state index in [0.29, 0.717) is 23.9 Å². The predicted molar refractivity (Wildman–Crippen MR) is 109 cm³/mol. The van der Waals surface area contributed by atoms with Crippen molar-refractivity contribution in [2.24, 2.45) is 0 Å². The number of nitrogens with zero attached hydrogens (tertiary/aromatic N) is 2. The molecule has 0 saturated carbocycles. The molecule has 1 amide bonds. The Hall–Kier alpha value is -3.87. The number of carbonyl (C=O) groups is 1. The average Bonchev–Trinajstić information content (AvgIpc) is 3.21. The number of rotatable bonds is 7. The van der Waals surface area contributed by atoms with Gasteiger partial charge in [-0.25, -0.2) is 0 Å². The maximum Gasteiger partial charge on any atom is 0.263 e. The first-order chi connectivity index (χ1) is 14.2. The third-order valence-electron chi connectivity index (χ3n) is 4.17. The standard InChI is InChI=1S/C22H19N3O4/c1-2-27-17-6-8-18(9-7-17)28-14-22(26)24-21-13-20(29-25-21)16-5-10-19-15(12-16)4-3-11-23-19/h3-13H,2,14H2,1H3,(H,24,25,26). The summed E-state index contributed by atoms with van der Waals surface area (Å²) in [7, 11) is 0. The van der Waals surface area contributed by atoms with E-state index >= 15 is 0 Å². The van der Waals surface area contributed by atoms with Crippen LogP contribution in [0.1, 0.15) is 6.92 Å². The molecule has 0 saturated heterocycles. The molecule has 7 heteroatoms. The third-order valence-corrected chi connectivity index (χ3v) is 4.17. The van der Waals surface area contributed by atoms with Crippen LogP contribution in [0.15, 0.2) is 71.4 Å². The quantitative estimate of drug-likeness (QED) is 0.507. The van der Waals surface area contributed by atoms with E-state index in [2.05, 4.69) is 15.5 Å². The summed E-state index contributed by atoms with van der Waals surface area (Å²) in [5.74, 6) is 1.88. The highest BCUT2D eigenvalue weighted by Crippen LogP contribution is 2.25. The van der Waals surface area contributed by atoms with Gasteiger partial charge in [-0.05, 0) is 55.5 Å². The summed E-state index contributed by atoms with van der Waals surface area (Å²) >= 11 is 0. The van der Waals surface area contributed by atoms with Gasteiger partial charge in [0.2, 0.25) is 0 Å². The van der Waals surface area contributed by atoms with E-state index in [1.165, 1.54) is 0 Å². The minimum absolute atomic E-state index is 0.141. The van der Waals surface area contributed by atoms with Gasteiger partial charge in [0, 0.05) is 23.2 Å². The number of amides is 1. The summed E-state index contributed by atoms with van der Waals surface area (Å²) in [6.45, 7) is 2.37. The molecule has 29 heavy (non-hydrogen) atoms. The Morgan fingerprint density at radius 1 is 1.03 bits per heavy atom. The van der Waals surface area contributed by atoms with E-state index in [1.807, 2.05) is 37.3 Å². The van der Waals surface area contributed by atoms with Crippen molar-refractivity contribution in [2.75, 3.05) is 18.5 Å². The molecular formula is C22H19N3O4. The van der Waals surface area contributed by atoms with E-state index in [4.69, 9.17) is 14.0 Å². The lowest BCUT2D eigenvalue weighted by atomic mass is 10.1. The Morgan fingerprint density at radius 3 is 2.62 bits per heavy atom. The molecule has 0 atom stereocenters. The van der Waals surface area contributed by atoms with E-state index in [1.54, 1.807) is 36.5 Å². The summed E-state index contributed by atoms with van der Waals surface area (Å²) in [5, 5.41) is 7.57. The second kappa shape index (κ2) is 8.43. The first-order valence-electron chi connectivity index (χ1n) is 9.18. The SMILES string of the molecule is CCOc1ccc(OCC(=O)Nc2cc(-c3ccc4ncccc4c3)on2)cc1. The van der Waals surface area contributed by atoms with Gasteiger partial charge in [-0.2, -0.15) is 0 Å². The minimum atomic E-state index is -0.332. The first kappa shape index (κ1) is 18.5. The zero-order valence-electron chi connectivity index (χ0n) is 15.8. The van der Waals surface area contributed by atoms with Crippen LogP contribution < -0.4 is 14.8 Å². The van der Waals surface area contributed by atoms with Gasteiger partial charge in [0.05, 0.1) is 12.1 Å². The van der Waals surface area contributed by atoms with E-state index in [0.717, 1.165) is 22.2 Å². The molecule has 2 aromatic heterocycles. The molecule has 0 aliphatic carbocycles. The number of carbonyl (C=O) groups excluding carboxylic acids is 1. The van der Waals surface area contributed by atoms with Crippen LogP contribution in [-0.4, -0.2) is 29.3 Å². The highest BCUT2D eigenvalue weighted by molar-refractivity contribution is 5.91. The van der Waals surface area contributed by atoms with Gasteiger partial charge in [-0.3, -0.25) is 9.78 Å². The molecule has 0 aliphatic rings. The van der Waals surface area contributed by atoms with Gasteiger partial charge in [-0.15, -0.1) is 0 Å². The van der Waals surface area contributed by atoms with Gasteiger partial charge in [-0.1, -0.05) is 11.2 Å². The van der Waals surface area contributed by atoms with Gasteiger partial charge in [0.15, 0.2) is 18.2 Å². The van der Waals surface area contributed by atoms with E-state index in [-0.39, 0.29) is 12.5 Å². The van der Waals surface area contributed by atoms with Crippen molar-refractivity contribution < 1.29 is 18.8 Å². The zero-order chi connectivity index (χ0) is 20.1. The molecule has 1 N–H and O–H groups in total. The largest absolute Gasteiger partial charge is 0.494 e. The number of hydrogen-bond acceptors (Lipinski definition) is 6. The van der Waals surface area contributed by atoms with Crippen molar-refractivity contribution in [2.45, 2.75) is 6.92 Å². The lowest BCUT2D eigenvalue weighted by molar-refractivity contribution is -0.118. The fourth-order valence-corrected chi connectivity index (χ4v) is 2.83. The van der Waals surface area contributed by atoms with Gasteiger partial charge in [0.25, 0.3) is 5.91 Å². The number of ether oxygens (including phenoxy) is 2. The van der Waals surface area contributed by atoms with Crippen LogP contribution in [0.4, 0.5) is 5.82 Å². The summed E-state index contributed by atoms with van der Waals surface area (Å²) in [5.41, 5.74) is 1.75. The molecular weight excluding hydrogens is 370 g/mol. The van der Waals surface area contributed by atoms with Crippen LogP contribution in [0.25, 0.3) is 22.2 Å². The minimum Gasteiger partial charge on any atom is -0.494 e. The second-order valence-corrected chi connectivity index (χ2v) is 6.23. The molecule has 4 rings (SSSR count). The Kier molecular flexibility index (Phi) is 5.38. The molecule has 0 aliphatic heterocycles. The lowest BCUT2D eigenvalue weighted by Gasteiger charge is -2.07. The number of aromatic nitrogens is 2. The normalized spacial score (nSPS) is 10.7. The van der Waals surface area contributed by atoms with Gasteiger partial charge in [0.1, 0.15) is 11.5 Å². The summed E-state index contributed by atoms with van der Waals surface area (Å²) in [6, 6.07) is 18.4. The number of anilines is 1. The lowest BCUT2D eigenvalue weighted by Crippen LogP contribution is -2.20. The summed E-state index contributed by atoms with van der Waals surface area (Å²) in [4.78, 5) is 16.4. The fraction of sp³-hybridized carbons (Fsp3) is 0.136. The Labute approximate surface area is 167 Å². The van der Waals surface area contributed by atoms with Crippen molar-refractivity contribution in [1.29, 1.82) is 0 Å². The van der Waals surface area contributed by atoms with Crippen LogP contribution in [-0.2, 0) is 4.79 Å².